The topological polar surface area (TPSA) is 134 Å². The molecule has 3 heterocycles. The third kappa shape index (κ3) is 7.07. The number of guanidine groups is 1. The molecule has 0 unspecified atom stereocenters. The van der Waals surface area contributed by atoms with E-state index >= 15 is 4.79 Å². The summed E-state index contributed by atoms with van der Waals surface area (Å²) in [5.74, 6) is -1.33. The Bertz CT molecular complexity index is 2100. The number of hydrogen-bond acceptors (Lipinski definition) is 8. The molecule has 17 heteroatoms. The van der Waals surface area contributed by atoms with Gasteiger partial charge in [-0.25, -0.2) is 19.3 Å². The molecule has 0 saturated heterocycles. The summed E-state index contributed by atoms with van der Waals surface area (Å²) in [6, 6.07) is 10.6. The van der Waals surface area contributed by atoms with E-state index in [1.54, 1.807) is 47.1 Å². The Morgan fingerprint density at radius 3 is 2.35 bits per heavy atom. The summed E-state index contributed by atoms with van der Waals surface area (Å²) >= 11 is 6.68. The number of carbonyl (C=O) groups is 2. The molecule has 2 saturated carbocycles. The second kappa shape index (κ2) is 13.5. The minimum absolute atomic E-state index is 0.148. The third-order valence-electron chi connectivity index (χ3n) is 10.1. The van der Waals surface area contributed by atoms with Gasteiger partial charge in [-0.15, -0.1) is 0 Å². The normalized spacial score (nSPS) is 20.4. The van der Waals surface area contributed by atoms with Crippen molar-refractivity contribution in [1.29, 1.82) is 0 Å². The van der Waals surface area contributed by atoms with E-state index < -0.39 is 60.0 Å². The lowest BCUT2D eigenvalue weighted by atomic mass is 9.75. The van der Waals surface area contributed by atoms with Gasteiger partial charge < -0.3 is 10.5 Å². The maximum Gasteiger partial charge on any atom is 0.395 e. The second-order valence-corrected chi connectivity index (χ2v) is 15.9. The number of ether oxygens (including phenoxy) is 1. The van der Waals surface area contributed by atoms with Crippen LogP contribution in [0.4, 0.5) is 22.0 Å². The zero-order valence-electron chi connectivity index (χ0n) is 29.7. The molecule has 0 radical (unpaired) electrons. The Morgan fingerprint density at radius 2 is 1.76 bits per heavy atom. The van der Waals surface area contributed by atoms with E-state index in [1.165, 1.54) is 23.6 Å². The van der Waals surface area contributed by atoms with Gasteiger partial charge in [-0.05, 0) is 66.3 Å². The fraction of sp³-hybridized carbons (Fsp3) is 0.459. The van der Waals surface area contributed by atoms with Gasteiger partial charge in [-0.2, -0.15) is 32.1 Å². The zero-order chi connectivity index (χ0) is 38.8. The third-order valence-corrected chi connectivity index (χ3v) is 10.5. The molecule has 4 aromatic rings. The van der Waals surface area contributed by atoms with Gasteiger partial charge in [0.25, 0.3) is 5.91 Å². The molecular weight excluding hydrogens is 735 g/mol. The number of nitrogens with two attached hydrogens (primary N) is 1. The number of nitrogens with zero attached hydrogens (tertiary/aromatic N) is 7. The largest absolute Gasteiger partial charge is 0.463 e. The molecular formula is C37H38ClF5N8O3. The quantitative estimate of drug-likeness (QED) is 0.114. The molecule has 2 atom stereocenters. The molecule has 7 rings (SSSR count). The molecule has 0 bridgehead atoms. The predicted octanol–water partition coefficient (Wildman–Crippen LogP) is 8.00. The molecule has 286 valence electrons. The van der Waals surface area contributed by atoms with Crippen LogP contribution in [-0.4, -0.2) is 60.1 Å². The molecule has 54 heavy (non-hydrogen) atoms. The summed E-state index contributed by atoms with van der Waals surface area (Å²) in [4.78, 5) is 38.5. The number of esters is 1. The van der Waals surface area contributed by atoms with Crippen LogP contribution in [0.5, 0.6) is 0 Å². The van der Waals surface area contributed by atoms with Crippen molar-refractivity contribution in [3.8, 4) is 22.5 Å². The molecule has 1 amide bonds. The van der Waals surface area contributed by atoms with Crippen LogP contribution in [0.25, 0.3) is 22.5 Å². The minimum Gasteiger partial charge on any atom is -0.463 e. The average molecular weight is 773 g/mol. The van der Waals surface area contributed by atoms with Gasteiger partial charge >= 0.3 is 18.7 Å². The van der Waals surface area contributed by atoms with Crippen molar-refractivity contribution in [3.63, 3.8) is 0 Å². The highest BCUT2D eigenvalue weighted by Gasteiger charge is 2.64. The standard InChI is InChI=1S/C37H38ClF5N8O3/c1-34(2,3)19-36(24-7-4-21(5-8-24)23-16-46-49(17-23)32(39)40)31(53)50(33(44)48-36)28(18-54-29(52)15-35(12-13-35)37(41,42)43)22-6-11-27(38)26(14-22)30-45-20-47-51(30)25-9-10-25/h4-8,11,14,16-17,20,25,28,32H,9-10,12-13,15,18-19H2,1-3H3,(H2,44,48)/t28-,36-/m1/s1. The van der Waals surface area contributed by atoms with Crippen LogP contribution in [0.15, 0.2) is 66.2 Å². The van der Waals surface area contributed by atoms with Gasteiger partial charge in [0.05, 0.1) is 35.1 Å². The molecule has 2 aliphatic carbocycles. The van der Waals surface area contributed by atoms with E-state index in [-0.39, 0.29) is 31.3 Å². The summed E-state index contributed by atoms with van der Waals surface area (Å²) in [5, 5.41) is 8.39. The van der Waals surface area contributed by atoms with Crippen LogP contribution in [0.1, 0.15) is 89.1 Å². The van der Waals surface area contributed by atoms with E-state index in [0.29, 0.717) is 43.3 Å². The average Bonchev–Trinajstić information content (AvgIpc) is 3.97. The van der Waals surface area contributed by atoms with E-state index in [2.05, 4.69) is 15.2 Å². The number of alkyl halides is 5. The first-order chi connectivity index (χ1) is 25.4. The summed E-state index contributed by atoms with van der Waals surface area (Å²) in [6.45, 7) is 2.44. The number of amides is 1. The van der Waals surface area contributed by atoms with Crippen LogP contribution in [0.3, 0.4) is 0 Å². The number of rotatable bonds is 12. The number of aromatic nitrogens is 5. The lowest BCUT2D eigenvalue weighted by molar-refractivity contribution is -0.195. The number of halogens is 6. The summed E-state index contributed by atoms with van der Waals surface area (Å²) in [5.41, 5.74) is 4.79. The number of hydrogen-bond donors (Lipinski definition) is 1. The van der Waals surface area contributed by atoms with Crippen molar-refractivity contribution in [1.82, 2.24) is 29.4 Å². The fourth-order valence-corrected chi connectivity index (χ4v) is 7.29. The highest BCUT2D eigenvalue weighted by atomic mass is 35.5. The number of benzene rings is 2. The van der Waals surface area contributed by atoms with Crippen molar-refractivity contribution in [2.45, 2.75) is 89.6 Å². The second-order valence-electron chi connectivity index (χ2n) is 15.5. The van der Waals surface area contributed by atoms with Crippen molar-refractivity contribution >= 4 is 29.4 Å². The van der Waals surface area contributed by atoms with Gasteiger partial charge in [0, 0.05) is 17.3 Å². The van der Waals surface area contributed by atoms with E-state index in [4.69, 9.17) is 27.1 Å². The van der Waals surface area contributed by atoms with E-state index in [9.17, 15) is 26.7 Å². The van der Waals surface area contributed by atoms with Crippen molar-refractivity contribution < 1.29 is 36.3 Å². The SMILES string of the molecule is CC(C)(C)C[C@]1(c2ccc(-c3cnn(C(F)F)c3)cc2)N=C(N)N([C@H](COC(=O)CC2(C(F)(F)F)CC2)c2ccc(Cl)c(-c3ncnn3C3CC3)c2)C1=O. The summed E-state index contributed by atoms with van der Waals surface area (Å²) < 4.78 is 75.6. The van der Waals surface area contributed by atoms with Gasteiger partial charge in [-0.1, -0.05) is 62.7 Å². The Balaban J connectivity index is 1.26. The van der Waals surface area contributed by atoms with Gasteiger partial charge in [0.15, 0.2) is 17.3 Å². The highest BCUT2D eigenvalue weighted by molar-refractivity contribution is 6.33. The highest BCUT2D eigenvalue weighted by Crippen LogP contribution is 2.60. The monoisotopic (exact) mass is 772 g/mol. The first kappa shape index (κ1) is 37.5. The van der Waals surface area contributed by atoms with Gasteiger partial charge in [0.1, 0.15) is 12.9 Å². The maximum absolute atomic E-state index is 15.0. The first-order valence-electron chi connectivity index (χ1n) is 17.5. The van der Waals surface area contributed by atoms with Crippen LogP contribution < -0.4 is 5.73 Å². The molecule has 3 aliphatic rings. The Kier molecular flexibility index (Phi) is 9.34. The molecule has 0 spiro atoms. The predicted molar refractivity (Wildman–Crippen MR) is 188 cm³/mol. The molecule has 2 fully saturated rings. The fourth-order valence-electron chi connectivity index (χ4n) is 7.09. The summed E-state index contributed by atoms with van der Waals surface area (Å²) in [6.07, 6.45) is 0.162. The molecule has 2 N–H and O–H groups in total. The Labute approximate surface area is 312 Å². The van der Waals surface area contributed by atoms with Crippen molar-refractivity contribution in [3.05, 3.63) is 77.3 Å². The lowest BCUT2D eigenvalue weighted by Gasteiger charge is -2.35. The lowest BCUT2D eigenvalue weighted by Crippen LogP contribution is -2.47. The number of aliphatic imine (C=N–C) groups is 1. The molecule has 2 aromatic heterocycles. The minimum atomic E-state index is -4.57. The van der Waals surface area contributed by atoms with Crippen LogP contribution in [-0.2, 0) is 19.9 Å². The zero-order valence-corrected chi connectivity index (χ0v) is 30.4. The van der Waals surface area contributed by atoms with E-state index in [1.807, 2.05) is 20.8 Å². The van der Waals surface area contributed by atoms with Crippen LogP contribution in [0, 0.1) is 10.8 Å². The van der Waals surface area contributed by atoms with E-state index in [0.717, 1.165) is 12.8 Å². The smallest absolute Gasteiger partial charge is 0.395 e. The maximum atomic E-state index is 15.0. The molecule has 11 nitrogen and oxygen atoms in total. The number of carbonyl (C=O) groups excluding carboxylic acids is 2. The Hall–Kier alpha value is -4.86. The molecule has 1 aliphatic heterocycles. The van der Waals surface area contributed by atoms with Gasteiger partial charge in [0.2, 0.25) is 0 Å². The van der Waals surface area contributed by atoms with Gasteiger partial charge in [-0.3, -0.25) is 14.5 Å². The van der Waals surface area contributed by atoms with Crippen molar-refractivity contribution in [2.75, 3.05) is 6.61 Å². The summed E-state index contributed by atoms with van der Waals surface area (Å²) in [7, 11) is 0. The first-order valence-corrected chi connectivity index (χ1v) is 17.8. The van der Waals surface area contributed by atoms with Crippen LogP contribution >= 0.6 is 11.6 Å². The molecule has 2 aromatic carbocycles. The van der Waals surface area contributed by atoms with Crippen LogP contribution in [0.2, 0.25) is 5.02 Å². The van der Waals surface area contributed by atoms with Crippen molar-refractivity contribution in [2.24, 2.45) is 21.6 Å². The Morgan fingerprint density at radius 1 is 1.06 bits per heavy atom.